The first kappa shape index (κ1) is 37.0. The second-order valence-electron chi connectivity index (χ2n) is 19.2. The molecule has 7 rings (SSSR count). The van der Waals surface area contributed by atoms with Crippen LogP contribution >= 0.6 is 0 Å². The molecule has 0 radical (unpaired) electrons. The number of fused-ring (bicyclic) bond motifs is 18. The molecule has 4 aliphatic heterocycles. The second-order valence-corrected chi connectivity index (χ2v) is 19.2. The van der Waals surface area contributed by atoms with Gasteiger partial charge in [0.2, 0.25) is 0 Å². The highest BCUT2D eigenvalue weighted by Gasteiger charge is 2.43. The van der Waals surface area contributed by atoms with Crippen LogP contribution in [0.3, 0.4) is 0 Å². The molecule has 3 aromatic carbocycles. The summed E-state index contributed by atoms with van der Waals surface area (Å²) in [5, 5.41) is 0. The molecule has 4 heterocycles. The van der Waals surface area contributed by atoms with Crippen LogP contribution < -0.4 is 16.4 Å². The van der Waals surface area contributed by atoms with Gasteiger partial charge in [0.05, 0.1) is 18.3 Å². The van der Waals surface area contributed by atoms with E-state index in [0.717, 1.165) is 71.6 Å². The van der Waals surface area contributed by atoms with Crippen LogP contribution in [0.5, 0.6) is 0 Å². The van der Waals surface area contributed by atoms with Gasteiger partial charge in [-0.3, -0.25) is 0 Å². The predicted molar refractivity (Wildman–Crippen MR) is 208 cm³/mol. The van der Waals surface area contributed by atoms with Crippen LogP contribution in [0.1, 0.15) is 136 Å². The van der Waals surface area contributed by atoms with Crippen molar-refractivity contribution >= 4 is 37.7 Å². The highest BCUT2D eigenvalue weighted by atomic mass is 16.6. The van der Waals surface area contributed by atoms with Crippen molar-refractivity contribution < 1.29 is 27.9 Å². The fourth-order valence-corrected chi connectivity index (χ4v) is 8.39. The smallest absolute Gasteiger partial charge is 0.404 e. The van der Waals surface area contributed by atoms with E-state index in [9.17, 15) is 0 Å². The molecule has 3 fully saturated rings. The van der Waals surface area contributed by atoms with E-state index in [1.165, 1.54) is 0 Å². The van der Waals surface area contributed by atoms with Crippen LogP contribution in [0.4, 0.5) is 0 Å². The number of rotatable bonds is 3. The molecule has 270 valence electrons. The van der Waals surface area contributed by atoms with Crippen LogP contribution in [-0.4, -0.2) is 39.7 Å². The molecule has 3 aromatic rings. The maximum Gasteiger partial charge on any atom is 0.494 e. The van der Waals surface area contributed by atoms with Crippen LogP contribution in [0.25, 0.3) is 0 Å². The fraction of sp³-hybridized carbons (Fsp3) is 0.571. The summed E-state index contributed by atoms with van der Waals surface area (Å²) in [7, 11) is -1.50. The minimum atomic E-state index is -0.501. The van der Waals surface area contributed by atoms with Crippen LogP contribution in [0.2, 0.25) is 0 Å². The van der Waals surface area contributed by atoms with Gasteiger partial charge in [-0.15, -0.1) is 0 Å². The Labute approximate surface area is 308 Å². The molecule has 0 aliphatic carbocycles. The van der Waals surface area contributed by atoms with E-state index in [-0.39, 0.29) is 52.9 Å². The van der Waals surface area contributed by atoms with Crippen molar-refractivity contribution in [3.8, 4) is 0 Å². The molecule has 0 N–H and O–H groups in total. The molecule has 9 heteroatoms. The summed E-state index contributed by atoms with van der Waals surface area (Å²) in [4.78, 5) is 0. The third-order valence-corrected chi connectivity index (χ3v) is 10.4. The molecule has 6 nitrogen and oxygen atoms in total. The molecular formula is C42H57B3O6. The number of hydrogen-bond donors (Lipinski definition) is 0. The first-order valence-corrected chi connectivity index (χ1v) is 19.3. The summed E-state index contributed by atoms with van der Waals surface area (Å²) in [5.74, 6) is 0. The van der Waals surface area contributed by atoms with E-state index < -0.39 is 21.4 Å². The van der Waals surface area contributed by atoms with Crippen molar-refractivity contribution in [1.82, 2.24) is 0 Å². The van der Waals surface area contributed by atoms with Gasteiger partial charge in [0, 0.05) is 37.6 Å². The highest BCUT2D eigenvalue weighted by Crippen LogP contribution is 2.39. The van der Waals surface area contributed by atoms with E-state index >= 15 is 0 Å². The van der Waals surface area contributed by atoms with Gasteiger partial charge in [0.15, 0.2) is 0 Å². The maximum absolute atomic E-state index is 6.90. The normalized spacial score (nSPS) is 27.1. The summed E-state index contributed by atoms with van der Waals surface area (Å²) < 4.78 is 41.1. The first-order chi connectivity index (χ1) is 24.0. The molecular weight excluding hydrogens is 633 g/mol. The van der Waals surface area contributed by atoms with Crippen LogP contribution in [0.15, 0.2) is 72.8 Å². The zero-order chi connectivity index (χ0) is 36.1. The lowest BCUT2D eigenvalue weighted by atomic mass is 9.71. The lowest BCUT2D eigenvalue weighted by Gasteiger charge is -2.39. The number of benzene rings is 3. The average molecular weight is 690 g/mol. The molecule has 12 bridgehead atoms. The van der Waals surface area contributed by atoms with Crippen molar-refractivity contribution in [3.63, 3.8) is 0 Å². The Kier molecular flexibility index (Phi) is 10.5. The SMILES string of the molecule is CC(C)(C)CC1CC2OB(O1)c1cccc(c1)C1CC(CC(C)(C)C)OB(O1)c1cccc(c1)C1CC(CC(C)(C)C)OB(O1)c1cccc2c1. The Bertz CT molecular complexity index is 1390. The third-order valence-electron chi connectivity index (χ3n) is 10.4. The average Bonchev–Trinajstić information content (AvgIpc) is 3.05. The summed E-state index contributed by atoms with van der Waals surface area (Å²) in [6.45, 7) is 20.6. The lowest BCUT2D eigenvalue weighted by Crippen LogP contribution is -2.49. The van der Waals surface area contributed by atoms with E-state index in [1.54, 1.807) is 0 Å². The second kappa shape index (κ2) is 14.5. The zero-order valence-corrected chi connectivity index (χ0v) is 32.3. The van der Waals surface area contributed by atoms with Gasteiger partial charge >= 0.3 is 21.4 Å². The van der Waals surface area contributed by atoms with Crippen molar-refractivity contribution in [2.75, 3.05) is 0 Å². The minimum absolute atomic E-state index is 0.0410. The van der Waals surface area contributed by atoms with E-state index in [1.807, 2.05) is 0 Å². The lowest BCUT2D eigenvalue weighted by molar-refractivity contribution is 0.00231. The summed E-state index contributed by atoms with van der Waals surface area (Å²) in [5.41, 5.74) is 6.75. The van der Waals surface area contributed by atoms with Gasteiger partial charge in [-0.1, -0.05) is 135 Å². The van der Waals surface area contributed by atoms with Crippen LogP contribution in [0, 0.1) is 16.2 Å². The minimum Gasteiger partial charge on any atom is -0.404 e. The molecule has 4 aliphatic rings. The van der Waals surface area contributed by atoms with Gasteiger partial charge in [-0.2, -0.15) is 0 Å². The summed E-state index contributed by atoms with van der Waals surface area (Å²) in [6, 6.07) is 26.0. The maximum atomic E-state index is 6.90. The number of hydrogen-bond acceptors (Lipinski definition) is 6. The molecule has 51 heavy (non-hydrogen) atoms. The molecule has 0 saturated carbocycles. The van der Waals surface area contributed by atoms with Crippen molar-refractivity contribution in [2.45, 2.75) is 137 Å². The molecule has 6 atom stereocenters. The van der Waals surface area contributed by atoms with Crippen molar-refractivity contribution in [1.29, 1.82) is 0 Å². The largest absolute Gasteiger partial charge is 0.494 e. The predicted octanol–water partition coefficient (Wildman–Crippen LogP) is 8.03. The Morgan fingerprint density at radius 2 is 0.706 bits per heavy atom. The van der Waals surface area contributed by atoms with Crippen molar-refractivity contribution in [2.24, 2.45) is 16.2 Å². The van der Waals surface area contributed by atoms with E-state index in [4.69, 9.17) is 27.9 Å². The van der Waals surface area contributed by atoms with E-state index in [2.05, 4.69) is 135 Å². The Balaban J connectivity index is 1.33. The van der Waals surface area contributed by atoms with Gasteiger partial charge in [0.1, 0.15) is 0 Å². The Morgan fingerprint density at radius 3 is 0.961 bits per heavy atom. The van der Waals surface area contributed by atoms with Gasteiger partial charge < -0.3 is 27.9 Å². The van der Waals surface area contributed by atoms with Crippen LogP contribution in [-0.2, 0) is 27.9 Å². The Hall–Kier alpha value is -2.39. The van der Waals surface area contributed by atoms with Gasteiger partial charge in [0.25, 0.3) is 0 Å². The molecule has 6 unspecified atom stereocenters. The first-order valence-electron chi connectivity index (χ1n) is 19.3. The third kappa shape index (κ3) is 9.41. The quantitative estimate of drug-likeness (QED) is 0.260. The van der Waals surface area contributed by atoms with Gasteiger partial charge in [-0.25, -0.2) is 0 Å². The molecule has 0 amide bonds. The van der Waals surface area contributed by atoms with Crippen molar-refractivity contribution in [3.05, 3.63) is 89.5 Å². The topological polar surface area (TPSA) is 55.4 Å². The molecule has 0 spiro atoms. The zero-order valence-electron chi connectivity index (χ0n) is 32.3. The highest BCUT2D eigenvalue weighted by molar-refractivity contribution is 6.62. The standard InChI is InChI=1S/C42H57B3O6/c1-40(2,3)25-34-22-37-28-13-10-17-32(19-28)44-47-36(27-42(7,8)9)24-39(51-44)30-15-12-18-33(21-30)45-48-35(26-41(4,5)6)23-38(50-45)29-14-11-16-31(20-29)43(46-34)49-37/h10-21,34-39H,22-27H2,1-9H3. The fourth-order valence-electron chi connectivity index (χ4n) is 8.39. The molecule has 3 saturated heterocycles. The molecule has 0 aromatic heterocycles. The summed E-state index contributed by atoms with van der Waals surface area (Å²) >= 11 is 0. The summed E-state index contributed by atoms with van der Waals surface area (Å²) in [6.07, 6.45) is 4.86. The van der Waals surface area contributed by atoms with Gasteiger partial charge in [-0.05, 0) is 68.6 Å². The monoisotopic (exact) mass is 690 g/mol. The Morgan fingerprint density at radius 1 is 0.431 bits per heavy atom. The van der Waals surface area contributed by atoms with E-state index in [0.29, 0.717) is 0 Å².